The number of sulfonamides is 1. The third-order valence-electron chi connectivity index (χ3n) is 5.58. The van der Waals surface area contributed by atoms with Gasteiger partial charge >= 0.3 is 0 Å². The van der Waals surface area contributed by atoms with Crippen LogP contribution in [0, 0.1) is 12.7 Å². The van der Waals surface area contributed by atoms with Gasteiger partial charge < -0.3 is 10.2 Å². The first kappa shape index (κ1) is 23.4. The van der Waals surface area contributed by atoms with E-state index < -0.39 is 28.3 Å². The van der Waals surface area contributed by atoms with Crippen LogP contribution in [0.2, 0.25) is 0 Å². The standard InChI is InChI=1S/C25H24FN3O4S/c1-18-16-20(11-14-23(18)28-15-5-8-25(28)31)27-24(30)17-29(21-6-3-2-4-7-21)34(32,33)22-12-9-19(26)10-13-22/h2-4,6-7,9-14,16H,5,8,15,17H2,1H3,(H,27,30). The van der Waals surface area contributed by atoms with Crippen LogP contribution in [0.4, 0.5) is 21.5 Å². The molecule has 3 aromatic carbocycles. The minimum atomic E-state index is -4.13. The Balaban J connectivity index is 1.56. The van der Waals surface area contributed by atoms with Crippen LogP contribution in [-0.2, 0) is 19.6 Å². The van der Waals surface area contributed by atoms with Crippen LogP contribution in [-0.4, -0.2) is 33.3 Å². The van der Waals surface area contributed by atoms with Gasteiger partial charge in [-0.15, -0.1) is 0 Å². The Hall–Kier alpha value is -3.72. The summed E-state index contributed by atoms with van der Waals surface area (Å²) in [5, 5.41) is 2.74. The van der Waals surface area contributed by atoms with Gasteiger partial charge in [0.25, 0.3) is 10.0 Å². The highest BCUT2D eigenvalue weighted by atomic mass is 32.2. The molecular formula is C25H24FN3O4S. The molecule has 0 aromatic heterocycles. The van der Waals surface area contributed by atoms with Crippen LogP contribution in [0.15, 0.2) is 77.7 Å². The molecule has 0 spiro atoms. The lowest BCUT2D eigenvalue weighted by atomic mass is 10.1. The number of carbonyl (C=O) groups excluding carboxylic acids is 2. The predicted molar refractivity (Wildman–Crippen MR) is 129 cm³/mol. The molecule has 3 aromatic rings. The average molecular weight is 482 g/mol. The first-order valence-electron chi connectivity index (χ1n) is 10.8. The summed E-state index contributed by atoms with van der Waals surface area (Å²) in [7, 11) is -4.13. The molecule has 0 atom stereocenters. The number of carbonyl (C=O) groups is 2. The molecule has 1 aliphatic heterocycles. The van der Waals surface area contributed by atoms with Crippen LogP contribution in [0.25, 0.3) is 0 Å². The Morgan fingerprint density at radius 1 is 1.06 bits per heavy atom. The van der Waals surface area contributed by atoms with E-state index in [2.05, 4.69) is 5.32 Å². The molecule has 0 aliphatic carbocycles. The minimum Gasteiger partial charge on any atom is -0.325 e. The molecule has 0 bridgehead atoms. The summed E-state index contributed by atoms with van der Waals surface area (Å²) in [6, 6.07) is 17.9. The van der Waals surface area contributed by atoms with Crippen molar-refractivity contribution in [3.05, 3.63) is 84.2 Å². The molecule has 1 N–H and O–H groups in total. The Labute approximate surface area is 197 Å². The van der Waals surface area contributed by atoms with Crippen molar-refractivity contribution in [1.29, 1.82) is 0 Å². The second kappa shape index (κ2) is 9.64. The van der Waals surface area contributed by atoms with Gasteiger partial charge in [-0.2, -0.15) is 0 Å². The largest absolute Gasteiger partial charge is 0.325 e. The van der Waals surface area contributed by atoms with Crippen molar-refractivity contribution in [3.63, 3.8) is 0 Å². The number of nitrogens with one attached hydrogen (secondary N) is 1. The second-order valence-corrected chi connectivity index (χ2v) is 9.86. The molecule has 0 unspecified atom stereocenters. The van der Waals surface area contributed by atoms with E-state index in [1.165, 1.54) is 12.1 Å². The van der Waals surface area contributed by atoms with E-state index in [-0.39, 0.29) is 10.8 Å². The van der Waals surface area contributed by atoms with Crippen LogP contribution < -0.4 is 14.5 Å². The molecule has 1 saturated heterocycles. The fraction of sp³-hybridized carbons (Fsp3) is 0.200. The van der Waals surface area contributed by atoms with Crippen molar-refractivity contribution >= 4 is 38.9 Å². The molecule has 4 rings (SSSR count). The van der Waals surface area contributed by atoms with E-state index in [0.717, 1.165) is 34.1 Å². The smallest absolute Gasteiger partial charge is 0.264 e. The van der Waals surface area contributed by atoms with Gasteiger partial charge in [-0.1, -0.05) is 18.2 Å². The number of amides is 2. The molecule has 1 fully saturated rings. The lowest BCUT2D eigenvalue weighted by molar-refractivity contribution is -0.117. The molecule has 1 aliphatic rings. The fourth-order valence-electron chi connectivity index (χ4n) is 3.91. The molecule has 176 valence electrons. The first-order valence-corrected chi connectivity index (χ1v) is 12.2. The van der Waals surface area contributed by atoms with Crippen LogP contribution in [0.3, 0.4) is 0 Å². The molecule has 34 heavy (non-hydrogen) atoms. The highest BCUT2D eigenvalue weighted by molar-refractivity contribution is 7.92. The van der Waals surface area contributed by atoms with Crippen molar-refractivity contribution in [2.75, 3.05) is 27.6 Å². The monoisotopic (exact) mass is 481 g/mol. The van der Waals surface area contributed by atoms with E-state index >= 15 is 0 Å². The molecule has 1 heterocycles. The van der Waals surface area contributed by atoms with Crippen molar-refractivity contribution in [1.82, 2.24) is 0 Å². The van der Waals surface area contributed by atoms with Crippen LogP contribution in [0.5, 0.6) is 0 Å². The van der Waals surface area contributed by atoms with Gasteiger partial charge in [0, 0.05) is 24.3 Å². The van der Waals surface area contributed by atoms with Crippen molar-refractivity contribution in [2.45, 2.75) is 24.7 Å². The third-order valence-corrected chi connectivity index (χ3v) is 7.37. The number of nitrogens with zero attached hydrogens (tertiary/aromatic N) is 2. The Kier molecular flexibility index (Phi) is 6.65. The number of rotatable bonds is 7. The normalized spacial score (nSPS) is 13.7. The average Bonchev–Trinajstić information content (AvgIpc) is 3.24. The highest BCUT2D eigenvalue weighted by Gasteiger charge is 2.27. The van der Waals surface area contributed by atoms with Crippen molar-refractivity contribution in [3.8, 4) is 0 Å². The van der Waals surface area contributed by atoms with Gasteiger partial charge in [-0.05, 0) is 73.5 Å². The summed E-state index contributed by atoms with van der Waals surface area (Å²) in [6.07, 6.45) is 1.34. The number of para-hydroxylation sites is 1. The van der Waals surface area contributed by atoms with E-state index in [1.807, 2.05) is 6.92 Å². The molecule has 9 heteroatoms. The van der Waals surface area contributed by atoms with E-state index in [9.17, 15) is 22.4 Å². The maximum Gasteiger partial charge on any atom is 0.264 e. The van der Waals surface area contributed by atoms with Gasteiger partial charge in [-0.25, -0.2) is 12.8 Å². The first-order chi connectivity index (χ1) is 16.3. The summed E-state index contributed by atoms with van der Waals surface area (Å²) in [6.45, 7) is 2.04. The molecule has 2 amide bonds. The van der Waals surface area contributed by atoms with E-state index in [4.69, 9.17) is 0 Å². The number of hydrogen-bond acceptors (Lipinski definition) is 4. The summed E-state index contributed by atoms with van der Waals surface area (Å²) < 4.78 is 40.9. The zero-order valence-electron chi connectivity index (χ0n) is 18.6. The lowest BCUT2D eigenvalue weighted by Gasteiger charge is -2.24. The maximum atomic E-state index is 13.3. The predicted octanol–water partition coefficient (Wildman–Crippen LogP) is 4.09. The molecular weight excluding hydrogens is 457 g/mol. The van der Waals surface area contributed by atoms with E-state index in [1.54, 1.807) is 53.4 Å². The van der Waals surface area contributed by atoms with Crippen LogP contribution >= 0.6 is 0 Å². The molecule has 0 radical (unpaired) electrons. The zero-order valence-corrected chi connectivity index (χ0v) is 19.4. The van der Waals surface area contributed by atoms with Gasteiger partial charge in [0.05, 0.1) is 10.6 Å². The quantitative estimate of drug-likeness (QED) is 0.551. The SMILES string of the molecule is Cc1cc(NC(=O)CN(c2ccccc2)S(=O)(=O)c2ccc(F)cc2)ccc1N1CCCC1=O. The molecule has 0 saturated carbocycles. The van der Waals surface area contributed by atoms with Crippen molar-refractivity contribution in [2.24, 2.45) is 0 Å². The summed E-state index contributed by atoms with van der Waals surface area (Å²) in [5.74, 6) is -1.03. The topological polar surface area (TPSA) is 86.8 Å². The van der Waals surface area contributed by atoms with Gasteiger partial charge in [0.15, 0.2) is 0 Å². The van der Waals surface area contributed by atoms with Gasteiger partial charge in [-0.3, -0.25) is 13.9 Å². The Morgan fingerprint density at radius 2 is 1.76 bits per heavy atom. The number of anilines is 3. The Bertz CT molecular complexity index is 1310. The summed E-state index contributed by atoms with van der Waals surface area (Å²) in [5.41, 5.74) is 2.42. The number of benzene rings is 3. The van der Waals surface area contributed by atoms with Gasteiger partial charge in [0.1, 0.15) is 12.4 Å². The number of aryl methyl sites for hydroxylation is 1. The summed E-state index contributed by atoms with van der Waals surface area (Å²) >= 11 is 0. The van der Waals surface area contributed by atoms with Crippen molar-refractivity contribution < 1.29 is 22.4 Å². The zero-order chi connectivity index (χ0) is 24.3. The third kappa shape index (κ3) is 4.94. The minimum absolute atomic E-state index is 0.0735. The second-order valence-electron chi connectivity index (χ2n) is 8.00. The molecule has 7 nitrogen and oxygen atoms in total. The fourth-order valence-corrected chi connectivity index (χ4v) is 5.33. The number of hydrogen-bond donors (Lipinski definition) is 1. The van der Waals surface area contributed by atoms with E-state index in [0.29, 0.717) is 24.3 Å². The maximum absolute atomic E-state index is 13.3. The summed E-state index contributed by atoms with van der Waals surface area (Å²) in [4.78, 5) is 26.5. The highest BCUT2D eigenvalue weighted by Crippen LogP contribution is 2.28. The lowest BCUT2D eigenvalue weighted by Crippen LogP contribution is -2.38. The van der Waals surface area contributed by atoms with Crippen LogP contribution in [0.1, 0.15) is 18.4 Å². The van der Waals surface area contributed by atoms with Gasteiger partial charge in [0.2, 0.25) is 11.8 Å². The Morgan fingerprint density at radius 3 is 2.38 bits per heavy atom. The number of halogens is 1.